The van der Waals surface area contributed by atoms with E-state index in [1.165, 1.54) is 18.2 Å². The van der Waals surface area contributed by atoms with Gasteiger partial charge in [0.05, 0.1) is 0 Å². The highest BCUT2D eigenvalue weighted by Crippen LogP contribution is 2.12. The molecule has 0 aromatic heterocycles. The fourth-order valence-corrected chi connectivity index (χ4v) is 1.27. The van der Waals surface area contributed by atoms with Crippen LogP contribution in [0.3, 0.4) is 0 Å². The molecule has 0 radical (unpaired) electrons. The van der Waals surface area contributed by atoms with Crippen LogP contribution in [0.25, 0.3) is 0 Å². The highest BCUT2D eigenvalue weighted by molar-refractivity contribution is 5.73. The number of carboxylic acid groups (broad SMARTS) is 1. The van der Waals surface area contributed by atoms with Crippen molar-refractivity contribution in [3.8, 4) is 5.75 Å². The van der Waals surface area contributed by atoms with Gasteiger partial charge in [-0.3, -0.25) is 4.79 Å². The molecule has 0 amide bonds. The van der Waals surface area contributed by atoms with Gasteiger partial charge < -0.3 is 15.2 Å². The van der Waals surface area contributed by atoms with Gasteiger partial charge in [-0.15, -0.1) is 0 Å². The van der Waals surface area contributed by atoms with E-state index in [0.29, 0.717) is 12.3 Å². The minimum absolute atomic E-state index is 0.0290. The fraction of sp³-hybridized carbons (Fsp3) is 0.417. The van der Waals surface area contributed by atoms with Gasteiger partial charge in [-0.1, -0.05) is 13.0 Å². The molecule has 4 nitrogen and oxygen atoms in total. The van der Waals surface area contributed by atoms with E-state index in [2.05, 4.69) is 5.32 Å². The molecule has 0 saturated carbocycles. The Morgan fingerprint density at radius 3 is 2.94 bits per heavy atom. The van der Waals surface area contributed by atoms with E-state index in [9.17, 15) is 9.18 Å². The number of carboxylic acids is 1. The molecular formula is C12H16FNO3. The zero-order chi connectivity index (χ0) is 12.7. The average Bonchev–Trinajstić information content (AvgIpc) is 2.28. The fourth-order valence-electron chi connectivity index (χ4n) is 1.27. The lowest BCUT2D eigenvalue weighted by molar-refractivity contribution is -0.140. The topological polar surface area (TPSA) is 58.6 Å². The molecule has 0 aliphatic carbocycles. The zero-order valence-electron chi connectivity index (χ0n) is 9.65. The van der Waals surface area contributed by atoms with Crippen LogP contribution >= 0.6 is 0 Å². The molecule has 94 valence electrons. The third-order valence-corrected chi connectivity index (χ3v) is 2.15. The summed E-state index contributed by atoms with van der Waals surface area (Å²) in [6.07, 6.45) is 0.837. The predicted octanol–water partition coefficient (Wildman–Crippen LogP) is 1.66. The first-order valence-electron chi connectivity index (χ1n) is 5.48. The van der Waals surface area contributed by atoms with Crippen LogP contribution in [0.5, 0.6) is 5.75 Å². The molecule has 17 heavy (non-hydrogen) atoms. The smallest absolute Gasteiger partial charge is 0.324 e. The third-order valence-electron chi connectivity index (χ3n) is 2.15. The first-order valence-corrected chi connectivity index (χ1v) is 5.48. The zero-order valence-corrected chi connectivity index (χ0v) is 9.65. The lowest BCUT2D eigenvalue weighted by atomic mass is 10.3. The van der Waals surface area contributed by atoms with Crippen molar-refractivity contribution >= 4 is 5.97 Å². The molecule has 0 fully saturated rings. The Labute approximate surface area is 99.4 Å². The van der Waals surface area contributed by atoms with Crippen molar-refractivity contribution in [3.63, 3.8) is 0 Å². The summed E-state index contributed by atoms with van der Waals surface area (Å²) >= 11 is 0. The summed E-state index contributed by atoms with van der Waals surface area (Å²) in [6, 6.07) is 4.84. The number of ether oxygens (including phenoxy) is 1. The van der Waals surface area contributed by atoms with Gasteiger partial charge in [-0.05, 0) is 25.1 Å². The summed E-state index contributed by atoms with van der Waals surface area (Å²) in [5.41, 5.74) is 0. The molecule has 0 spiro atoms. The monoisotopic (exact) mass is 241 g/mol. The lowest BCUT2D eigenvalue weighted by Crippen LogP contribution is -2.41. The minimum atomic E-state index is -0.977. The van der Waals surface area contributed by atoms with Gasteiger partial charge in [0.15, 0.2) is 0 Å². The number of carbonyl (C=O) groups is 1. The van der Waals surface area contributed by atoms with Crippen LogP contribution in [0.15, 0.2) is 24.3 Å². The molecule has 2 N–H and O–H groups in total. The van der Waals surface area contributed by atoms with Gasteiger partial charge in [-0.2, -0.15) is 0 Å². The van der Waals surface area contributed by atoms with Crippen LogP contribution in [-0.2, 0) is 4.79 Å². The van der Waals surface area contributed by atoms with Crippen LogP contribution in [0.4, 0.5) is 4.39 Å². The maximum absolute atomic E-state index is 12.8. The standard InChI is InChI=1S/C12H16FNO3/c1-2-6-14-11(12(15)16)8-17-10-5-3-4-9(13)7-10/h3-5,7,11,14H,2,6,8H2,1H3,(H,15,16). The highest BCUT2D eigenvalue weighted by atomic mass is 19.1. The number of rotatable bonds is 7. The second-order valence-corrected chi connectivity index (χ2v) is 3.61. The minimum Gasteiger partial charge on any atom is -0.491 e. The molecule has 0 saturated heterocycles. The van der Waals surface area contributed by atoms with Crippen LogP contribution in [-0.4, -0.2) is 30.3 Å². The predicted molar refractivity (Wildman–Crippen MR) is 61.6 cm³/mol. The Bertz CT molecular complexity index is 371. The van der Waals surface area contributed by atoms with Crippen molar-refractivity contribution in [1.82, 2.24) is 5.32 Å². The molecule has 0 aliphatic rings. The first-order chi connectivity index (χ1) is 8.13. The maximum atomic E-state index is 12.8. The van der Waals surface area contributed by atoms with Crippen molar-refractivity contribution in [2.45, 2.75) is 19.4 Å². The summed E-state index contributed by atoms with van der Waals surface area (Å²) in [6.45, 7) is 2.52. The normalized spacial score (nSPS) is 12.1. The first kappa shape index (κ1) is 13.4. The Balaban J connectivity index is 2.48. The Morgan fingerprint density at radius 2 is 2.35 bits per heavy atom. The van der Waals surface area contributed by atoms with E-state index in [1.54, 1.807) is 6.07 Å². The van der Waals surface area contributed by atoms with Crippen molar-refractivity contribution in [3.05, 3.63) is 30.1 Å². The Kier molecular flexibility index (Phi) is 5.42. The Hall–Kier alpha value is -1.62. The van der Waals surface area contributed by atoms with Crippen LogP contribution in [0.2, 0.25) is 0 Å². The van der Waals surface area contributed by atoms with Crippen molar-refractivity contribution in [1.29, 1.82) is 0 Å². The molecule has 5 heteroatoms. The molecule has 1 rings (SSSR count). The van der Waals surface area contributed by atoms with E-state index in [-0.39, 0.29) is 6.61 Å². The maximum Gasteiger partial charge on any atom is 0.324 e. The molecule has 1 unspecified atom stereocenters. The molecule has 0 bridgehead atoms. The summed E-state index contributed by atoms with van der Waals surface area (Å²) in [7, 11) is 0. The molecule has 1 aromatic rings. The summed E-state index contributed by atoms with van der Waals surface area (Å²) in [5.74, 6) is -1.06. The Morgan fingerprint density at radius 1 is 1.59 bits per heavy atom. The lowest BCUT2D eigenvalue weighted by Gasteiger charge is -2.14. The van der Waals surface area contributed by atoms with Gasteiger partial charge in [0.25, 0.3) is 0 Å². The molecule has 1 atom stereocenters. The van der Waals surface area contributed by atoms with E-state index >= 15 is 0 Å². The summed E-state index contributed by atoms with van der Waals surface area (Å²) < 4.78 is 18.1. The van der Waals surface area contributed by atoms with E-state index in [1.807, 2.05) is 6.92 Å². The van der Waals surface area contributed by atoms with Gasteiger partial charge in [0.2, 0.25) is 0 Å². The van der Waals surface area contributed by atoms with Crippen LogP contribution in [0, 0.1) is 5.82 Å². The van der Waals surface area contributed by atoms with E-state index in [0.717, 1.165) is 6.42 Å². The number of aliphatic carboxylic acids is 1. The molecule has 0 aliphatic heterocycles. The van der Waals surface area contributed by atoms with Crippen molar-refractivity contribution in [2.24, 2.45) is 0 Å². The molecular weight excluding hydrogens is 225 g/mol. The second kappa shape index (κ2) is 6.85. The molecule has 1 aromatic carbocycles. The summed E-state index contributed by atoms with van der Waals surface area (Å²) in [5, 5.41) is 11.8. The van der Waals surface area contributed by atoms with Crippen LogP contribution < -0.4 is 10.1 Å². The number of hydrogen-bond acceptors (Lipinski definition) is 3. The second-order valence-electron chi connectivity index (χ2n) is 3.61. The third kappa shape index (κ3) is 4.82. The van der Waals surface area contributed by atoms with Crippen LogP contribution in [0.1, 0.15) is 13.3 Å². The van der Waals surface area contributed by atoms with Gasteiger partial charge in [0.1, 0.15) is 24.2 Å². The SMILES string of the molecule is CCCNC(COc1cccc(F)c1)C(=O)O. The van der Waals surface area contributed by atoms with Crippen molar-refractivity contribution in [2.75, 3.05) is 13.2 Å². The average molecular weight is 241 g/mol. The van der Waals surface area contributed by atoms with Gasteiger partial charge in [-0.25, -0.2) is 4.39 Å². The summed E-state index contributed by atoms with van der Waals surface area (Å²) in [4.78, 5) is 10.9. The molecule has 0 heterocycles. The van der Waals surface area contributed by atoms with E-state index < -0.39 is 17.8 Å². The number of benzene rings is 1. The van der Waals surface area contributed by atoms with Crippen molar-refractivity contribution < 1.29 is 19.0 Å². The van der Waals surface area contributed by atoms with Gasteiger partial charge in [0, 0.05) is 6.07 Å². The number of halogens is 1. The highest BCUT2D eigenvalue weighted by Gasteiger charge is 2.16. The number of hydrogen-bond donors (Lipinski definition) is 2. The number of nitrogens with one attached hydrogen (secondary N) is 1. The van der Waals surface area contributed by atoms with Gasteiger partial charge >= 0.3 is 5.97 Å². The largest absolute Gasteiger partial charge is 0.491 e. The quantitative estimate of drug-likeness (QED) is 0.762. The van der Waals surface area contributed by atoms with E-state index in [4.69, 9.17) is 9.84 Å².